The molecule has 0 radical (unpaired) electrons. The van der Waals surface area contributed by atoms with Gasteiger partial charge >= 0.3 is 0 Å². The molecule has 0 aliphatic heterocycles. The van der Waals surface area contributed by atoms with Crippen LogP contribution in [0.15, 0.2) is 47.3 Å². The number of nitrogens with zero attached hydrogens (tertiary/aromatic N) is 2. The third-order valence-corrected chi connectivity index (χ3v) is 5.30. The zero-order valence-corrected chi connectivity index (χ0v) is 18.0. The van der Waals surface area contributed by atoms with Crippen molar-refractivity contribution >= 4 is 32.0 Å². The number of ether oxygens (including phenoxy) is 2. The van der Waals surface area contributed by atoms with Gasteiger partial charge in [0.25, 0.3) is 10.2 Å². The Morgan fingerprint density at radius 2 is 1.70 bits per heavy atom. The van der Waals surface area contributed by atoms with Gasteiger partial charge in [-0.15, -0.1) is 0 Å². The summed E-state index contributed by atoms with van der Waals surface area (Å²) >= 11 is 3.16. The van der Waals surface area contributed by atoms with E-state index in [9.17, 15) is 17.2 Å². The third-order valence-electron chi connectivity index (χ3n) is 3.81. The number of halogens is 3. The maximum absolute atomic E-state index is 14.6. The zero-order valence-electron chi connectivity index (χ0n) is 15.6. The number of hydrogen-bond acceptors (Lipinski definition) is 6. The highest BCUT2D eigenvalue weighted by atomic mass is 79.9. The number of rotatable bonds is 7. The monoisotopic (exact) mass is 500 g/mol. The van der Waals surface area contributed by atoms with Gasteiger partial charge in [-0.1, -0.05) is 15.9 Å². The van der Waals surface area contributed by atoms with E-state index in [1.165, 1.54) is 36.8 Å². The number of aromatic nitrogens is 2. The van der Waals surface area contributed by atoms with Gasteiger partial charge < -0.3 is 9.47 Å². The van der Waals surface area contributed by atoms with Gasteiger partial charge in [0.05, 0.1) is 12.4 Å². The van der Waals surface area contributed by atoms with Crippen molar-refractivity contribution < 1.29 is 26.7 Å². The van der Waals surface area contributed by atoms with Crippen molar-refractivity contribution in [2.75, 3.05) is 11.8 Å². The first-order chi connectivity index (χ1) is 14.2. The Balaban J connectivity index is 1.89. The summed E-state index contributed by atoms with van der Waals surface area (Å²) in [6.45, 7) is 1.62. The Morgan fingerprint density at radius 1 is 1.03 bits per heavy atom. The van der Waals surface area contributed by atoms with E-state index < -0.39 is 27.7 Å². The van der Waals surface area contributed by atoms with Crippen LogP contribution < -0.4 is 18.9 Å². The van der Waals surface area contributed by atoms with Crippen molar-refractivity contribution in [3.05, 3.63) is 64.5 Å². The van der Waals surface area contributed by atoms with E-state index in [1.807, 2.05) is 9.44 Å². The lowest BCUT2D eigenvalue weighted by Gasteiger charge is -2.14. The first kappa shape index (κ1) is 21.9. The molecular weight excluding hydrogens is 486 g/mol. The summed E-state index contributed by atoms with van der Waals surface area (Å²) < 4.78 is 67.4. The fourth-order valence-corrected chi connectivity index (χ4v) is 3.07. The van der Waals surface area contributed by atoms with Gasteiger partial charge in [-0.05, 0) is 25.1 Å². The number of nitrogens with one attached hydrogen (secondary N) is 2. The second-order valence-electron chi connectivity index (χ2n) is 5.82. The number of benzene rings is 1. The second kappa shape index (κ2) is 8.90. The fourth-order valence-electron chi connectivity index (χ4n) is 2.24. The van der Waals surface area contributed by atoms with Crippen LogP contribution in [0.25, 0.3) is 0 Å². The van der Waals surface area contributed by atoms with Crippen LogP contribution in [0.2, 0.25) is 0 Å². The van der Waals surface area contributed by atoms with E-state index in [2.05, 4.69) is 25.9 Å². The Kier molecular flexibility index (Phi) is 6.48. The average Bonchev–Trinajstić information content (AvgIpc) is 2.69. The van der Waals surface area contributed by atoms with Crippen LogP contribution in [0, 0.1) is 18.6 Å². The molecule has 0 bridgehead atoms. The van der Waals surface area contributed by atoms with E-state index in [-0.39, 0.29) is 23.0 Å². The molecule has 2 heterocycles. The topological polar surface area (TPSA) is 102 Å². The molecule has 0 amide bonds. The van der Waals surface area contributed by atoms with E-state index in [0.717, 1.165) is 7.05 Å². The predicted octanol–water partition coefficient (Wildman–Crippen LogP) is 4.29. The molecule has 0 spiro atoms. The van der Waals surface area contributed by atoms with Crippen molar-refractivity contribution in [2.24, 2.45) is 0 Å². The lowest BCUT2D eigenvalue weighted by molar-refractivity contribution is 0.416. The van der Waals surface area contributed by atoms with Gasteiger partial charge in [0.1, 0.15) is 0 Å². The van der Waals surface area contributed by atoms with Crippen molar-refractivity contribution in [3.8, 4) is 23.0 Å². The highest BCUT2D eigenvalue weighted by Crippen LogP contribution is 2.35. The number of pyridine rings is 2. The zero-order chi connectivity index (χ0) is 21.9. The molecule has 1 aromatic carbocycles. The Hall–Kier alpha value is -2.83. The largest absolute Gasteiger partial charge is 0.452 e. The van der Waals surface area contributed by atoms with Crippen LogP contribution in [0.5, 0.6) is 23.0 Å². The maximum Gasteiger partial charge on any atom is 0.300 e. The molecule has 0 aliphatic rings. The summed E-state index contributed by atoms with van der Waals surface area (Å²) in [5.41, 5.74) is 0.417. The van der Waals surface area contributed by atoms with Crippen molar-refractivity contribution in [1.29, 1.82) is 0 Å². The Bertz CT molecular complexity index is 1190. The summed E-state index contributed by atoms with van der Waals surface area (Å²) in [4.78, 5) is 7.62. The minimum Gasteiger partial charge on any atom is -0.452 e. The van der Waals surface area contributed by atoms with Crippen molar-refractivity contribution in [3.63, 3.8) is 0 Å². The van der Waals surface area contributed by atoms with Crippen LogP contribution in [0.1, 0.15) is 5.56 Å². The van der Waals surface area contributed by atoms with E-state index >= 15 is 0 Å². The summed E-state index contributed by atoms with van der Waals surface area (Å²) in [7, 11) is -2.81. The summed E-state index contributed by atoms with van der Waals surface area (Å²) in [6.07, 6.45) is 3.85. The lowest BCUT2D eigenvalue weighted by Crippen LogP contribution is -2.27. The predicted molar refractivity (Wildman–Crippen MR) is 109 cm³/mol. The first-order valence-electron chi connectivity index (χ1n) is 8.31. The van der Waals surface area contributed by atoms with Crippen molar-refractivity contribution in [2.45, 2.75) is 6.92 Å². The van der Waals surface area contributed by atoms with Gasteiger partial charge in [-0.2, -0.15) is 12.8 Å². The molecule has 0 aliphatic carbocycles. The normalized spacial score (nSPS) is 11.2. The lowest BCUT2D eigenvalue weighted by atomic mass is 10.2. The molecule has 0 saturated heterocycles. The molecule has 3 aromatic rings. The van der Waals surface area contributed by atoms with E-state index in [1.54, 1.807) is 13.0 Å². The minimum absolute atomic E-state index is 0.0286. The van der Waals surface area contributed by atoms with Crippen LogP contribution in [0.3, 0.4) is 0 Å². The van der Waals surface area contributed by atoms with Gasteiger partial charge in [-0.25, -0.2) is 14.1 Å². The standard InChI is InChI=1S/C18H15BrF2N4O4S/c1-10-15(28-13-4-3-11(19)7-12(13)20)8-23-9-16(10)29-14-5-6-24-18(17(14)21)25-30(26,27)22-2/h3-9,22H,1-2H3,(H,24,25). The summed E-state index contributed by atoms with van der Waals surface area (Å²) in [5, 5.41) is 0. The van der Waals surface area contributed by atoms with Crippen LogP contribution in [-0.2, 0) is 10.2 Å². The molecule has 158 valence electrons. The average molecular weight is 501 g/mol. The summed E-state index contributed by atoms with van der Waals surface area (Å²) in [5.74, 6) is -2.17. The molecule has 2 N–H and O–H groups in total. The smallest absolute Gasteiger partial charge is 0.300 e. The number of anilines is 1. The quantitative estimate of drug-likeness (QED) is 0.501. The molecule has 0 saturated carbocycles. The van der Waals surface area contributed by atoms with Crippen LogP contribution in [0.4, 0.5) is 14.6 Å². The molecule has 2 aromatic heterocycles. The first-order valence-corrected chi connectivity index (χ1v) is 10.6. The van der Waals surface area contributed by atoms with E-state index in [0.29, 0.717) is 10.0 Å². The van der Waals surface area contributed by atoms with Crippen LogP contribution >= 0.6 is 15.9 Å². The number of hydrogen-bond donors (Lipinski definition) is 2. The Morgan fingerprint density at radius 3 is 2.33 bits per heavy atom. The van der Waals surface area contributed by atoms with Crippen LogP contribution in [-0.4, -0.2) is 25.4 Å². The highest BCUT2D eigenvalue weighted by Gasteiger charge is 2.18. The maximum atomic E-state index is 14.6. The Labute approximate surface area is 179 Å². The third kappa shape index (κ3) is 5.01. The van der Waals surface area contributed by atoms with E-state index in [4.69, 9.17) is 9.47 Å². The van der Waals surface area contributed by atoms with Gasteiger partial charge in [-0.3, -0.25) is 9.71 Å². The summed E-state index contributed by atoms with van der Waals surface area (Å²) in [6, 6.07) is 5.52. The molecule has 8 nitrogen and oxygen atoms in total. The fraction of sp³-hybridized carbons (Fsp3) is 0.111. The minimum atomic E-state index is -3.97. The molecule has 0 atom stereocenters. The molecule has 0 unspecified atom stereocenters. The molecule has 30 heavy (non-hydrogen) atoms. The second-order valence-corrected chi connectivity index (χ2v) is 8.36. The molecule has 12 heteroatoms. The molecular formula is C18H15BrF2N4O4S. The highest BCUT2D eigenvalue weighted by molar-refractivity contribution is 9.10. The SMILES string of the molecule is CNS(=O)(=O)Nc1nccc(Oc2cncc(Oc3ccc(Br)cc3F)c2C)c1F. The molecule has 0 fully saturated rings. The van der Waals surface area contributed by atoms with Gasteiger partial charge in [0, 0.05) is 29.3 Å². The van der Waals surface area contributed by atoms with Crippen molar-refractivity contribution in [1.82, 2.24) is 14.7 Å². The van der Waals surface area contributed by atoms with Gasteiger partial charge in [0.2, 0.25) is 5.82 Å². The van der Waals surface area contributed by atoms with Gasteiger partial charge in [0.15, 0.2) is 34.6 Å². The molecule has 3 rings (SSSR count).